The van der Waals surface area contributed by atoms with Crippen LogP contribution >= 0.6 is 23.5 Å². The Balaban J connectivity index is 1.48. The first-order valence-corrected chi connectivity index (χ1v) is 12.0. The van der Waals surface area contributed by atoms with Crippen LogP contribution in [0.15, 0.2) is 27.0 Å². The lowest BCUT2D eigenvalue weighted by atomic mass is 9.98. The molecule has 2 aromatic rings. The summed E-state index contributed by atoms with van der Waals surface area (Å²) in [5.74, 6) is -2.71. The Morgan fingerprint density at radius 2 is 2.20 bits per heavy atom. The fraction of sp³-hybridized carbons (Fsp3) is 0.444. The van der Waals surface area contributed by atoms with Gasteiger partial charge in [0, 0.05) is 38.7 Å². The molecule has 186 valence electrons. The molecule has 0 aliphatic carbocycles. The molecule has 2 aliphatic rings. The number of carbonyl (C=O) groups excluding carboxylic acids is 3. The number of methoxy groups -OCH3 is 1. The van der Waals surface area contributed by atoms with Gasteiger partial charge in [0.05, 0.1) is 6.42 Å². The molecule has 0 bridgehead atoms. The zero-order chi connectivity index (χ0) is 25.3. The number of aromatic nitrogens is 5. The zero-order valence-corrected chi connectivity index (χ0v) is 20.2. The molecule has 0 spiro atoms. The van der Waals surface area contributed by atoms with E-state index < -0.39 is 34.9 Å². The number of β-lactam (4-membered cyclic amide) rings is 1. The van der Waals surface area contributed by atoms with Gasteiger partial charge in [-0.25, -0.2) is 9.48 Å². The second-order valence-electron chi connectivity index (χ2n) is 7.36. The molecule has 2 aromatic heterocycles. The van der Waals surface area contributed by atoms with Gasteiger partial charge in [-0.3, -0.25) is 19.3 Å². The van der Waals surface area contributed by atoms with Crippen molar-refractivity contribution in [1.29, 1.82) is 0 Å². The second-order valence-corrected chi connectivity index (χ2v) is 9.37. The Kier molecular flexibility index (Phi) is 6.82. The molecule has 2 atom stereocenters. The van der Waals surface area contributed by atoms with E-state index in [-0.39, 0.29) is 35.3 Å². The lowest BCUT2D eigenvalue weighted by molar-refractivity contribution is -0.192. The molecule has 17 heteroatoms. The number of aliphatic carboxylic acids is 1. The van der Waals surface area contributed by atoms with Crippen LogP contribution in [0.3, 0.4) is 0 Å². The number of carboxylic acid groups (broad SMARTS) is 1. The summed E-state index contributed by atoms with van der Waals surface area (Å²) < 4.78 is 16.6. The van der Waals surface area contributed by atoms with Crippen molar-refractivity contribution in [2.75, 3.05) is 18.6 Å². The monoisotopic (exact) mass is 525 g/mol. The first-order chi connectivity index (χ1) is 16.7. The van der Waals surface area contributed by atoms with Gasteiger partial charge in [0.15, 0.2) is 0 Å². The number of fused-ring (bicyclic) bond motifs is 1. The molecule has 4 heterocycles. The summed E-state index contributed by atoms with van der Waals surface area (Å²) in [6.07, 6.45) is -0.320. The third-order valence-corrected chi connectivity index (χ3v) is 7.51. The third-order valence-electron chi connectivity index (χ3n) is 5.04. The van der Waals surface area contributed by atoms with Crippen molar-refractivity contribution in [2.45, 2.75) is 29.6 Å². The van der Waals surface area contributed by atoms with Gasteiger partial charge in [0.1, 0.15) is 16.8 Å². The smallest absolute Gasteiger partial charge is 0.352 e. The molecular formula is C18H19N7O8S2. The van der Waals surface area contributed by atoms with E-state index in [4.69, 9.17) is 14.0 Å². The number of amides is 2. The quantitative estimate of drug-likeness (QED) is 0.178. The topological polar surface area (TPSA) is 192 Å². The molecule has 2 aliphatic heterocycles. The second kappa shape index (κ2) is 9.67. The lowest BCUT2D eigenvalue weighted by Crippen LogP contribution is -2.80. The van der Waals surface area contributed by atoms with Crippen LogP contribution in [0.1, 0.15) is 12.7 Å². The van der Waals surface area contributed by atoms with Crippen LogP contribution < -0.4 is 10.1 Å². The van der Waals surface area contributed by atoms with Crippen molar-refractivity contribution in [3.63, 3.8) is 0 Å². The van der Waals surface area contributed by atoms with Gasteiger partial charge in [-0.1, -0.05) is 11.8 Å². The van der Waals surface area contributed by atoms with Gasteiger partial charge in [-0.2, -0.15) is 0 Å². The van der Waals surface area contributed by atoms with Crippen molar-refractivity contribution in [3.05, 3.63) is 23.1 Å². The van der Waals surface area contributed by atoms with Crippen molar-refractivity contribution in [1.82, 2.24) is 35.6 Å². The number of esters is 1. The number of tetrazole rings is 1. The summed E-state index contributed by atoms with van der Waals surface area (Å²) >= 11 is 2.50. The molecule has 0 saturated carbocycles. The summed E-state index contributed by atoms with van der Waals surface area (Å²) in [5.41, 5.74) is -1.41. The maximum Gasteiger partial charge on any atom is 0.352 e. The Morgan fingerprint density at radius 3 is 2.83 bits per heavy atom. The minimum absolute atomic E-state index is 0.0913. The average Bonchev–Trinajstić information content (AvgIpc) is 3.42. The molecule has 0 aromatic carbocycles. The van der Waals surface area contributed by atoms with E-state index in [0.29, 0.717) is 10.7 Å². The summed E-state index contributed by atoms with van der Waals surface area (Å²) in [4.78, 5) is 50.0. The number of aryl methyl sites for hydroxylation is 1. The van der Waals surface area contributed by atoms with E-state index >= 15 is 0 Å². The van der Waals surface area contributed by atoms with Gasteiger partial charge in [-0.05, 0) is 21.2 Å². The average molecular weight is 526 g/mol. The van der Waals surface area contributed by atoms with E-state index in [1.54, 1.807) is 7.05 Å². The van der Waals surface area contributed by atoms with Crippen LogP contribution in [-0.2, 0) is 37.4 Å². The molecule has 4 rings (SSSR count). The van der Waals surface area contributed by atoms with Gasteiger partial charge < -0.3 is 24.4 Å². The minimum atomic E-state index is -1.76. The normalized spacial score (nSPS) is 21.4. The van der Waals surface area contributed by atoms with E-state index in [0.717, 1.165) is 4.90 Å². The predicted octanol–water partition coefficient (Wildman–Crippen LogP) is -0.829. The Morgan fingerprint density at radius 1 is 1.43 bits per heavy atom. The van der Waals surface area contributed by atoms with Crippen molar-refractivity contribution in [3.8, 4) is 5.88 Å². The Labute approximate surface area is 205 Å². The molecule has 2 amide bonds. The first-order valence-electron chi connectivity index (χ1n) is 9.92. The molecule has 1 saturated heterocycles. The number of nitrogens with one attached hydrogen (secondary N) is 1. The number of carbonyl (C=O) groups is 4. The Hall–Kier alpha value is -3.44. The summed E-state index contributed by atoms with van der Waals surface area (Å²) in [6, 6.07) is 1.27. The highest BCUT2D eigenvalue weighted by molar-refractivity contribution is 8.01. The maximum atomic E-state index is 13.1. The van der Waals surface area contributed by atoms with Crippen LogP contribution in [0.5, 0.6) is 5.88 Å². The first kappa shape index (κ1) is 24.7. The standard InChI is InChI=1S/C18H19N7O8S2/c1-8(26)32-12-5-10(33-21-12)4-11(27)19-18(31-3)15(30)25-13(14(28)29)9(6-34-16(18)25)7-35-17-20-22-23-24(17)2/h5,16H,4,6-7H2,1-3H3,(H,19,27)(H,28,29)/t16-,18+/m1/s1. The number of hydrogen-bond donors (Lipinski definition) is 2. The molecule has 15 nitrogen and oxygen atoms in total. The van der Waals surface area contributed by atoms with Gasteiger partial charge in [0.2, 0.25) is 11.1 Å². The number of thioether (sulfide) groups is 2. The molecule has 1 fully saturated rings. The Bertz CT molecular complexity index is 1230. The fourth-order valence-electron chi connectivity index (χ4n) is 3.53. The summed E-state index contributed by atoms with van der Waals surface area (Å²) in [6.45, 7) is 1.19. The van der Waals surface area contributed by atoms with Crippen LogP contribution in [0.25, 0.3) is 0 Å². The number of hydrogen-bond acceptors (Lipinski definition) is 13. The highest BCUT2D eigenvalue weighted by Gasteiger charge is 2.66. The van der Waals surface area contributed by atoms with E-state index in [1.807, 2.05) is 0 Å². The number of ether oxygens (including phenoxy) is 2. The number of nitrogens with zero attached hydrogens (tertiary/aromatic N) is 6. The van der Waals surface area contributed by atoms with Crippen molar-refractivity contribution < 1.29 is 38.3 Å². The van der Waals surface area contributed by atoms with Crippen molar-refractivity contribution in [2.24, 2.45) is 7.05 Å². The molecular weight excluding hydrogens is 506 g/mol. The fourth-order valence-corrected chi connectivity index (χ4v) is 5.96. The third kappa shape index (κ3) is 4.61. The predicted molar refractivity (Wildman–Crippen MR) is 117 cm³/mol. The summed E-state index contributed by atoms with van der Waals surface area (Å²) in [5, 5.41) is 26.7. The molecule has 35 heavy (non-hydrogen) atoms. The van der Waals surface area contributed by atoms with E-state index in [2.05, 4.69) is 26.0 Å². The van der Waals surface area contributed by atoms with Gasteiger partial charge >= 0.3 is 11.9 Å². The SMILES string of the molecule is CO[C@@]1(NC(=O)Cc2cc(OC(C)=O)no2)C(=O)N2C(C(=O)O)=C(CSc3nnnn3C)CS[C@@H]21. The molecule has 2 N–H and O–H groups in total. The molecule has 0 unspecified atom stereocenters. The van der Waals surface area contributed by atoms with Crippen LogP contribution in [0.2, 0.25) is 0 Å². The number of carboxylic acids is 1. The van der Waals surface area contributed by atoms with Crippen LogP contribution in [0, 0.1) is 0 Å². The maximum absolute atomic E-state index is 13.1. The van der Waals surface area contributed by atoms with Crippen LogP contribution in [-0.4, -0.2) is 88.8 Å². The summed E-state index contributed by atoms with van der Waals surface area (Å²) in [7, 11) is 2.91. The zero-order valence-electron chi connectivity index (χ0n) is 18.6. The van der Waals surface area contributed by atoms with Crippen molar-refractivity contribution >= 4 is 47.3 Å². The highest BCUT2D eigenvalue weighted by atomic mass is 32.2. The van der Waals surface area contributed by atoms with Gasteiger partial charge in [-0.15, -0.1) is 16.9 Å². The van der Waals surface area contributed by atoms with E-state index in [9.17, 15) is 24.3 Å². The number of rotatable bonds is 9. The van der Waals surface area contributed by atoms with E-state index in [1.165, 1.54) is 48.3 Å². The lowest BCUT2D eigenvalue weighted by Gasteiger charge is -2.55. The van der Waals surface area contributed by atoms with Crippen LogP contribution in [0.4, 0.5) is 0 Å². The van der Waals surface area contributed by atoms with Gasteiger partial charge in [0.25, 0.3) is 17.5 Å². The highest BCUT2D eigenvalue weighted by Crippen LogP contribution is 2.47. The molecule has 0 radical (unpaired) electrons. The largest absolute Gasteiger partial charge is 0.477 e. The minimum Gasteiger partial charge on any atom is -0.477 e.